The lowest BCUT2D eigenvalue weighted by atomic mass is 9.87. The lowest BCUT2D eigenvalue weighted by molar-refractivity contribution is 0.0983. The van der Waals surface area contributed by atoms with E-state index in [1.54, 1.807) is 6.07 Å². The second-order valence-electron chi connectivity index (χ2n) is 10.4. The van der Waals surface area contributed by atoms with E-state index >= 15 is 0 Å². The van der Waals surface area contributed by atoms with Gasteiger partial charge >= 0.3 is 0 Å². The van der Waals surface area contributed by atoms with Crippen molar-refractivity contribution < 1.29 is 13.2 Å². The number of rotatable bonds is 9. The number of hydrogen-bond donors (Lipinski definition) is 0. The van der Waals surface area contributed by atoms with Crippen molar-refractivity contribution in [3.8, 4) is 11.1 Å². The third-order valence-corrected chi connectivity index (χ3v) is 9.95. The summed E-state index contributed by atoms with van der Waals surface area (Å²) in [6, 6.07) is 34.7. The van der Waals surface area contributed by atoms with Crippen LogP contribution in [-0.2, 0) is 21.0 Å². The van der Waals surface area contributed by atoms with Crippen molar-refractivity contribution in [2.24, 2.45) is 0 Å². The van der Waals surface area contributed by atoms with Crippen LogP contribution in [0.2, 0.25) is 0 Å². The van der Waals surface area contributed by atoms with Crippen LogP contribution in [0.25, 0.3) is 28.3 Å². The fourth-order valence-corrected chi connectivity index (χ4v) is 7.18. The maximum absolute atomic E-state index is 13.4. The van der Waals surface area contributed by atoms with Crippen LogP contribution in [0.4, 0.5) is 0 Å². The monoisotopic (exact) mass is 548 g/mol. The van der Waals surface area contributed by atoms with Crippen molar-refractivity contribution in [1.29, 1.82) is 0 Å². The quantitative estimate of drug-likeness (QED) is 0.197. The SMILES string of the molecule is C=C(CCc1ccccc1)c1c(C=C(C)c2cccc(S(=O)(=O)C3CCOCC3)c2)cccc1-c1ccccc1. The highest BCUT2D eigenvalue weighted by molar-refractivity contribution is 7.92. The molecule has 1 saturated heterocycles. The average molecular weight is 549 g/mol. The predicted octanol–water partition coefficient (Wildman–Crippen LogP) is 8.51. The molecule has 1 aliphatic rings. The van der Waals surface area contributed by atoms with Gasteiger partial charge in [0.25, 0.3) is 0 Å². The lowest BCUT2D eigenvalue weighted by Crippen LogP contribution is -2.29. The summed E-state index contributed by atoms with van der Waals surface area (Å²) >= 11 is 0. The molecule has 4 aromatic rings. The number of sulfone groups is 1. The Morgan fingerprint density at radius 3 is 2.27 bits per heavy atom. The van der Waals surface area contributed by atoms with Crippen molar-refractivity contribution in [2.75, 3.05) is 13.2 Å². The Morgan fingerprint density at radius 2 is 1.55 bits per heavy atom. The molecule has 4 heteroatoms. The van der Waals surface area contributed by atoms with E-state index in [0.29, 0.717) is 31.0 Å². The van der Waals surface area contributed by atoms with Gasteiger partial charge in [0.15, 0.2) is 9.84 Å². The Morgan fingerprint density at radius 1 is 0.875 bits per heavy atom. The first kappa shape index (κ1) is 27.8. The Bertz CT molecular complexity index is 1600. The summed E-state index contributed by atoms with van der Waals surface area (Å²) in [5.41, 5.74) is 8.79. The van der Waals surface area contributed by atoms with Crippen molar-refractivity contribution in [3.63, 3.8) is 0 Å². The van der Waals surface area contributed by atoms with Gasteiger partial charge < -0.3 is 4.74 Å². The summed E-state index contributed by atoms with van der Waals surface area (Å²) in [5, 5.41) is -0.386. The van der Waals surface area contributed by atoms with Gasteiger partial charge in [-0.15, -0.1) is 0 Å². The second kappa shape index (κ2) is 12.6. The zero-order valence-corrected chi connectivity index (χ0v) is 23.9. The van der Waals surface area contributed by atoms with E-state index in [0.717, 1.165) is 51.8 Å². The lowest BCUT2D eigenvalue weighted by Gasteiger charge is -2.22. The fraction of sp³-hybridized carbons (Fsp3) is 0.222. The van der Waals surface area contributed by atoms with Gasteiger partial charge in [-0.25, -0.2) is 8.42 Å². The molecule has 1 fully saturated rings. The minimum Gasteiger partial charge on any atom is -0.381 e. The number of allylic oxidation sites excluding steroid dienone is 2. The zero-order valence-electron chi connectivity index (χ0n) is 23.1. The Labute approximate surface area is 238 Å². The third-order valence-electron chi connectivity index (χ3n) is 7.69. The van der Waals surface area contributed by atoms with Crippen LogP contribution < -0.4 is 0 Å². The van der Waals surface area contributed by atoms with Gasteiger partial charge in [0.05, 0.1) is 10.1 Å². The normalized spacial score (nSPS) is 14.7. The molecular weight excluding hydrogens is 512 g/mol. The van der Waals surface area contributed by atoms with Crippen LogP contribution in [-0.4, -0.2) is 26.9 Å². The van der Waals surface area contributed by atoms with E-state index in [9.17, 15) is 8.42 Å². The number of ether oxygens (including phenoxy) is 1. The minimum absolute atomic E-state index is 0.384. The summed E-state index contributed by atoms with van der Waals surface area (Å²) in [6.07, 6.45) is 5.00. The van der Waals surface area contributed by atoms with Crippen LogP contribution in [0.5, 0.6) is 0 Å². The minimum atomic E-state index is -3.41. The molecule has 0 spiro atoms. The molecule has 1 heterocycles. The summed E-state index contributed by atoms with van der Waals surface area (Å²) in [4.78, 5) is 0.384. The highest BCUT2D eigenvalue weighted by Gasteiger charge is 2.29. The van der Waals surface area contributed by atoms with Gasteiger partial charge in [-0.05, 0) is 89.3 Å². The molecule has 3 nitrogen and oxygen atoms in total. The van der Waals surface area contributed by atoms with Crippen molar-refractivity contribution in [1.82, 2.24) is 0 Å². The Hall–Kier alpha value is -3.73. The van der Waals surface area contributed by atoms with Crippen LogP contribution in [0.1, 0.15) is 48.4 Å². The zero-order chi connectivity index (χ0) is 28.0. The van der Waals surface area contributed by atoms with Crippen molar-refractivity contribution in [3.05, 3.63) is 132 Å². The molecule has 4 aromatic carbocycles. The number of aryl methyl sites for hydroxylation is 1. The highest BCUT2D eigenvalue weighted by atomic mass is 32.2. The first-order valence-corrected chi connectivity index (χ1v) is 15.5. The van der Waals surface area contributed by atoms with E-state index in [1.165, 1.54) is 5.56 Å². The van der Waals surface area contributed by atoms with Gasteiger partial charge in [0.1, 0.15) is 0 Å². The third kappa shape index (κ3) is 6.35. The van der Waals surface area contributed by atoms with E-state index < -0.39 is 9.84 Å². The van der Waals surface area contributed by atoms with Crippen LogP contribution in [0, 0.1) is 0 Å². The van der Waals surface area contributed by atoms with Gasteiger partial charge in [0, 0.05) is 13.2 Å². The second-order valence-corrected chi connectivity index (χ2v) is 12.7. The maximum Gasteiger partial charge on any atom is 0.181 e. The maximum atomic E-state index is 13.4. The van der Waals surface area contributed by atoms with Gasteiger partial charge in [-0.1, -0.05) is 104 Å². The number of benzene rings is 4. The summed E-state index contributed by atoms with van der Waals surface area (Å²) in [7, 11) is -3.41. The molecule has 0 amide bonds. The molecule has 0 unspecified atom stereocenters. The standard InChI is InChI=1S/C36H36O3S/c1-27(19-20-29-11-5-3-6-12-29)36-32(16-10-18-35(36)30-13-7-4-8-14-30)25-28(2)31-15-9-17-34(26-31)40(37,38)33-21-23-39-24-22-33/h3-18,25-26,33H,1,19-24H2,2H3. The molecule has 5 rings (SSSR count). The first-order valence-electron chi connectivity index (χ1n) is 13.9. The first-order chi connectivity index (χ1) is 19.4. The van der Waals surface area contributed by atoms with Gasteiger partial charge in [-0.2, -0.15) is 0 Å². The Balaban J connectivity index is 1.51. The Kier molecular flexibility index (Phi) is 8.78. The van der Waals surface area contributed by atoms with Crippen molar-refractivity contribution >= 4 is 27.1 Å². The van der Waals surface area contributed by atoms with Crippen LogP contribution in [0.15, 0.2) is 115 Å². The molecule has 204 valence electrons. The predicted molar refractivity (Wildman–Crippen MR) is 167 cm³/mol. The van der Waals surface area contributed by atoms with Crippen molar-refractivity contribution in [2.45, 2.75) is 42.8 Å². The smallest absolute Gasteiger partial charge is 0.181 e. The topological polar surface area (TPSA) is 43.4 Å². The molecule has 0 radical (unpaired) electrons. The molecule has 40 heavy (non-hydrogen) atoms. The molecule has 0 atom stereocenters. The van der Waals surface area contributed by atoms with E-state index in [4.69, 9.17) is 4.74 Å². The molecule has 0 aromatic heterocycles. The molecule has 0 N–H and O–H groups in total. The summed E-state index contributed by atoms with van der Waals surface area (Å²) < 4.78 is 32.1. The van der Waals surface area contributed by atoms with Crippen LogP contribution in [0.3, 0.4) is 0 Å². The molecule has 0 saturated carbocycles. The van der Waals surface area contributed by atoms with E-state index in [1.807, 2.05) is 37.3 Å². The molecule has 0 bridgehead atoms. The summed E-state index contributed by atoms with van der Waals surface area (Å²) in [5.74, 6) is 0. The number of hydrogen-bond acceptors (Lipinski definition) is 3. The largest absolute Gasteiger partial charge is 0.381 e. The summed E-state index contributed by atoms with van der Waals surface area (Å²) in [6.45, 7) is 7.59. The van der Waals surface area contributed by atoms with E-state index in [-0.39, 0.29) is 5.25 Å². The molecule has 1 aliphatic heterocycles. The van der Waals surface area contributed by atoms with Gasteiger partial charge in [0.2, 0.25) is 0 Å². The van der Waals surface area contributed by atoms with E-state index in [2.05, 4.69) is 79.4 Å². The highest BCUT2D eigenvalue weighted by Crippen LogP contribution is 2.35. The molecular formula is C36H36O3S. The fourth-order valence-electron chi connectivity index (χ4n) is 5.42. The average Bonchev–Trinajstić information content (AvgIpc) is 3.01. The van der Waals surface area contributed by atoms with Gasteiger partial charge in [-0.3, -0.25) is 0 Å². The van der Waals surface area contributed by atoms with Crippen LogP contribution >= 0.6 is 0 Å². The molecule has 0 aliphatic carbocycles.